The summed E-state index contributed by atoms with van der Waals surface area (Å²) < 4.78 is 33.4. The number of thiophene rings is 1. The third kappa shape index (κ3) is 5.96. The summed E-state index contributed by atoms with van der Waals surface area (Å²) in [7, 11) is -2.09. The largest absolute Gasteiger partial charge is 0.493 e. The maximum absolute atomic E-state index is 10.9. The monoisotopic (exact) mass is 433 g/mol. The average molecular weight is 433 g/mol. The molecule has 0 unspecified atom stereocenters. The Labute approximate surface area is 175 Å². The average Bonchev–Trinajstić information content (AvgIpc) is 3.09. The number of fused-ring (bicyclic) bond motifs is 1. The number of nitrogens with zero attached hydrogens (tertiary/aromatic N) is 1. The van der Waals surface area contributed by atoms with Crippen molar-refractivity contribution in [2.45, 2.75) is 13.2 Å². The van der Waals surface area contributed by atoms with Gasteiger partial charge < -0.3 is 14.6 Å². The molecule has 3 rings (SSSR count). The van der Waals surface area contributed by atoms with Gasteiger partial charge in [0.2, 0.25) is 0 Å². The number of rotatable bonds is 9. The van der Waals surface area contributed by atoms with Gasteiger partial charge in [0.1, 0.15) is 5.75 Å². The Bertz CT molecular complexity index is 1060. The highest BCUT2D eigenvalue weighted by atomic mass is 32.2. The lowest BCUT2D eigenvalue weighted by atomic mass is 9.85. The van der Waals surface area contributed by atoms with Crippen LogP contribution in [0.1, 0.15) is 6.42 Å². The second-order valence-electron chi connectivity index (χ2n) is 6.83. The maximum Gasteiger partial charge on any atom is 0.409 e. The summed E-state index contributed by atoms with van der Waals surface area (Å²) in [5, 5.41) is 10.8. The quantitative estimate of drug-likeness (QED) is 0.314. The minimum Gasteiger partial charge on any atom is -0.493 e. The Hall–Kier alpha value is -2.07. The molecule has 0 atom stereocenters. The van der Waals surface area contributed by atoms with Gasteiger partial charge in [0.05, 0.1) is 19.5 Å². The van der Waals surface area contributed by atoms with Crippen LogP contribution < -0.4 is 9.55 Å². The number of ether oxygens (including phenoxy) is 1. The van der Waals surface area contributed by atoms with Gasteiger partial charge >= 0.3 is 7.05 Å². The molecular formula is C20H24BNO5S2. The third-order valence-electron chi connectivity index (χ3n) is 4.47. The Morgan fingerprint density at radius 1 is 1.10 bits per heavy atom. The van der Waals surface area contributed by atoms with Crippen molar-refractivity contribution in [2.75, 3.05) is 31.3 Å². The van der Waals surface area contributed by atoms with Gasteiger partial charge in [-0.05, 0) is 61.2 Å². The van der Waals surface area contributed by atoms with Crippen LogP contribution in [0.15, 0.2) is 48.5 Å². The van der Waals surface area contributed by atoms with Crippen LogP contribution >= 0.6 is 11.3 Å². The van der Waals surface area contributed by atoms with Crippen LogP contribution in [0.2, 0.25) is 6.82 Å². The molecule has 3 aromatic rings. The van der Waals surface area contributed by atoms with Crippen LogP contribution in [0.3, 0.4) is 0 Å². The summed E-state index contributed by atoms with van der Waals surface area (Å²) in [5.74, 6) is 0.749. The lowest BCUT2D eigenvalue weighted by molar-refractivity contribution is 0.252. The molecule has 9 heteroatoms. The predicted octanol–water partition coefficient (Wildman–Crippen LogP) is 3.86. The molecule has 0 spiro atoms. The molecule has 0 aliphatic carbocycles. The number of anilines is 1. The zero-order chi connectivity index (χ0) is 21.0. The van der Waals surface area contributed by atoms with Crippen molar-refractivity contribution in [3.8, 4) is 16.2 Å². The van der Waals surface area contributed by atoms with E-state index in [2.05, 4.69) is 18.2 Å². The summed E-state index contributed by atoms with van der Waals surface area (Å²) in [5.41, 5.74) is 2.08. The molecule has 0 saturated carbocycles. The van der Waals surface area contributed by atoms with E-state index in [0.717, 1.165) is 38.2 Å². The van der Waals surface area contributed by atoms with Crippen LogP contribution in [0.4, 0.5) is 5.69 Å². The third-order valence-corrected chi connectivity index (χ3v) is 6.21. The second kappa shape index (κ2) is 9.17. The van der Waals surface area contributed by atoms with Gasteiger partial charge in [-0.15, -0.1) is 11.3 Å². The van der Waals surface area contributed by atoms with E-state index < -0.39 is 17.2 Å². The normalized spacial score (nSPS) is 11.6. The summed E-state index contributed by atoms with van der Waals surface area (Å²) in [6, 6.07) is 16.2. The molecule has 2 aromatic carbocycles. The molecule has 29 heavy (non-hydrogen) atoms. The number of benzene rings is 2. The van der Waals surface area contributed by atoms with Crippen molar-refractivity contribution in [2.24, 2.45) is 0 Å². The van der Waals surface area contributed by atoms with Crippen molar-refractivity contribution in [3.63, 3.8) is 0 Å². The predicted molar refractivity (Wildman–Crippen MR) is 120 cm³/mol. The van der Waals surface area contributed by atoms with Gasteiger partial charge in [-0.3, -0.25) is 4.18 Å². The molecule has 0 aliphatic rings. The standard InChI is InChI=1S/C20H24BNO5S2/c1-21(23)22(2)17-8-5-15(6-9-17)19-13-16-7-10-18(14-20(16)28-19)26-11-4-12-27-29(3,24)25/h5-10,13-14,23H,4,11-12H2,1-3H3. The topological polar surface area (TPSA) is 76.1 Å². The lowest BCUT2D eigenvalue weighted by Gasteiger charge is -2.19. The number of hydrogen-bond donors (Lipinski definition) is 1. The van der Waals surface area contributed by atoms with E-state index in [-0.39, 0.29) is 6.61 Å². The van der Waals surface area contributed by atoms with Crippen LogP contribution in [0.5, 0.6) is 5.75 Å². The fourth-order valence-electron chi connectivity index (χ4n) is 2.78. The molecule has 0 bridgehead atoms. The van der Waals surface area contributed by atoms with Crippen molar-refractivity contribution in [1.29, 1.82) is 0 Å². The van der Waals surface area contributed by atoms with Gasteiger partial charge in [-0.1, -0.05) is 12.1 Å². The highest BCUT2D eigenvalue weighted by Gasteiger charge is 2.12. The summed E-state index contributed by atoms with van der Waals surface area (Å²) in [4.78, 5) is 2.96. The van der Waals surface area contributed by atoms with Crippen molar-refractivity contribution >= 4 is 44.3 Å². The molecular weight excluding hydrogens is 409 g/mol. The lowest BCUT2D eigenvalue weighted by Crippen LogP contribution is -2.32. The molecule has 154 valence electrons. The van der Waals surface area contributed by atoms with E-state index in [1.165, 1.54) is 0 Å². The zero-order valence-corrected chi connectivity index (χ0v) is 18.3. The molecule has 0 aliphatic heterocycles. The smallest absolute Gasteiger partial charge is 0.409 e. The molecule has 1 N–H and O–H groups in total. The van der Waals surface area contributed by atoms with Gasteiger partial charge in [0.25, 0.3) is 10.1 Å². The van der Waals surface area contributed by atoms with Crippen molar-refractivity contribution < 1.29 is 22.4 Å². The first kappa shape index (κ1) is 21.6. The maximum atomic E-state index is 10.9. The second-order valence-corrected chi connectivity index (χ2v) is 9.56. The van der Waals surface area contributed by atoms with Gasteiger partial charge in [0, 0.05) is 21.7 Å². The molecule has 0 amide bonds. The first-order valence-electron chi connectivity index (χ1n) is 9.25. The minimum atomic E-state index is -3.40. The summed E-state index contributed by atoms with van der Waals surface area (Å²) in [6.07, 6.45) is 1.53. The van der Waals surface area contributed by atoms with Crippen LogP contribution in [-0.4, -0.2) is 47.0 Å². The highest BCUT2D eigenvalue weighted by Crippen LogP contribution is 2.36. The van der Waals surface area contributed by atoms with E-state index in [0.29, 0.717) is 13.0 Å². The fourth-order valence-corrected chi connectivity index (χ4v) is 4.30. The van der Waals surface area contributed by atoms with Gasteiger partial charge in [-0.2, -0.15) is 8.42 Å². The zero-order valence-electron chi connectivity index (χ0n) is 16.7. The molecule has 0 fully saturated rings. The van der Waals surface area contributed by atoms with Crippen molar-refractivity contribution in [1.82, 2.24) is 0 Å². The molecule has 1 aromatic heterocycles. The van der Waals surface area contributed by atoms with E-state index in [1.54, 1.807) is 23.0 Å². The fraction of sp³-hybridized carbons (Fsp3) is 0.300. The minimum absolute atomic E-state index is 0.116. The Balaban J connectivity index is 1.66. The van der Waals surface area contributed by atoms with E-state index in [4.69, 9.17) is 8.92 Å². The number of hydrogen-bond acceptors (Lipinski definition) is 7. The summed E-state index contributed by atoms with van der Waals surface area (Å²) >= 11 is 1.69. The van der Waals surface area contributed by atoms with E-state index >= 15 is 0 Å². The Morgan fingerprint density at radius 2 is 1.83 bits per heavy atom. The van der Waals surface area contributed by atoms with Crippen LogP contribution in [-0.2, 0) is 14.3 Å². The molecule has 6 nitrogen and oxygen atoms in total. The summed E-state index contributed by atoms with van der Waals surface area (Å²) in [6.45, 7) is 2.24. The van der Waals surface area contributed by atoms with E-state index in [1.807, 2.05) is 37.4 Å². The van der Waals surface area contributed by atoms with Crippen LogP contribution in [0.25, 0.3) is 20.5 Å². The van der Waals surface area contributed by atoms with Crippen LogP contribution in [0, 0.1) is 0 Å². The van der Waals surface area contributed by atoms with E-state index in [9.17, 15) is 13.4 Å². The Morgan fingerprint density at radius 3 is 2.48 bits per heavy atom. The highest BCUT2D eigenvalue weighted by molar-refractivity contribution is 7.85. The van der Waals surface area contributed by atoms with Gasteiger partial charge in [0.15, 0.2) is 0 Å². The first-order chi connectivity index (χ1) is 13.7. The van der Waals surface area contributed by atoms with Crippen molar-refractivity contribution in [3.05, 3.63) is 48.5 Å². The molecule has 0 saturated heterocycles. The molecule has 0 radical (unpaired) electrons. The Kier molecular flexibility index (Phi) is 6.84. The molecule has 1 heterocycles. The SMILES string of the molecule is CB(O)N(C)c1ccc(-c2cc3ccc(OCCCOS(C)(=O)=O)cc3s2)cc1. The van der Waals surface area contributed by atoms with Gasteiger partial charge in [-0.25, -0.2) is 0 Å². The first-order valence-corrected chi connectivity index (χ1v) is 11.9.